The van der Waals surface area contributed by atoms with Gasteiger partial charge in [-0.05, 0) is 20.3 Å². The smallest absolute Gasteiger partial charge is 0.308 e. The van der Waals surface area contributed by atoms with Crippen molar-refractivity contribution >= 4 is 5.97 Å². The van der Waals surface area contributed by atoms with Crippen LogP contribution in [-0.4, -0.2) is 23.8 Å². The van der Waals surface area contributed by atoms with E-state index < -0.39 is 6.10 Å². The topological polar surface area (TPSA) is 46.5 Å². The second-order valence-electron chi connectivity index (χ2n) is 4.93. The van der Waals surface area contributed by atoms with Gasteiger partial charge in [0.1, 0.15) is 0 Å². The number of aliphatic hydroxyl groups excluding tert-OH is 1. The molecule has 98 valence electrons. The third-order valence-corrected chi connectivity index (χ3v) is 2.67. The number of hydrogen-bond acceptors (Lipinski definition) is 3. The summed E-state index contributed by atoms with van der Waals surface area (Å²) in [5.74, 6) is -0.377. The van der Waals surface area contributed by atoms with Crippen LogP contribution in [0.5, 0.6) is 0 Å². The van der Waals surface area contributed by atoms with E-state index in [-0.39, 0.29) is 24.4 Å². The number of rotatable bonds is 7. The summed E-state index contributed by atoms with van der Waals surface area (Å²) in [6.45, 7) is 15.1. The number of esters is 1. The molecule has 0 saturated carbocycles. The minimum atomic E-state index is -0.575. The molecule has 0 aliphatic rings. The third-order valence-electron chi connectivity index (χ3n) is 2.67. The van der Waals surface area contributed by atoms with E-state index in [1.165, 1.54) is 0 Å². The lowest BCUT2D eigenvalue weighted by Gasteiger charge is -2.21. The lowest BCUT2D eigenvalue weighted by Crippen LogP contribution is -2.22. The van der Waals surface area contributed by atoms with Gasteiger partial charge in [-0.25, -0.2) is 0 Å². The quantitative estimate of drug-likeness (QED) is 0.550. The van der Waals surface area contributed by atoms with Gasteiger partial charge in [-0.1, -0.05) is 38.2 Å². The number of hydrogen-bond donors (Lipinski definition) is 1. The highest BCUT2D eigenvalue weighted by Crippen LogP contribution is 2.19. The number of ether oxygens (including phenoxy) is 1. The maximum Gasteiger partial charge on any atom is 0.308 e. The Morgan fingerprint density at radius 3 is 2.12 bits per heavy atom. The second kappa shape index (κ2) is 7.28. The van der Waals surface area contributed by atoms with E-state index in [4.69, 9.17) is 4.74 Å². The molecule has 3 nitrogen and oxygen atoms in total. The van der Waals surface area contributed by atoms with Crippen LogP contribution in [0.25, 0.3) is 0 Å². The van der Waals surface area contributed by atoms with Crippen LogP contribution in [0, 0.1) is 11.8 Å². The minimum Gasteiger partial charge on any atom is -0.465 e. The van der Waals surface area contributed by atoms with Crippen molar-refractivity contribution in [3.8, 4) is 0 Å². The molecule has 0 aromatic rings. The zero-order valence-electron chi connectivity index (χ0n) is 11.3. The van der Waals surface area contributed by atoms with Crippen LogP contribution in [0.4, 0.5) is 0 Å². The van der Waals surface area contributed by atoms with Gasteiger partial charge in [-0.2, -0.15) is 0 Å². The summed E-state index contributed by atoms with van der Waals surface area (Å²) in [6.07, 6.45) is -0.0785. The predicted octanol–water partition coefficient (Wildman–Crippen LogP) is 2.71. The molecule has 3 heteroatoms. The molecular weight excluding hydrogens is 216 g/mol. The van der Waals surface area contributed by atoms with Gasteiger partial charge in [-0.3, -0.25) is 4.79 Å². The van der Waals surface area contributed by atoms with Crippen LogP contribution < -0.4 is 0 Å². The lowest BCUT2D eigenvalue weighted by molar-refractivity contribution is -0.148. The first-order valence-electron chi connectivity index (χ1n) is 5.91. The molecule has 0 saturated heterocycles. The second-order valence-corrected chi connectivity index (χ2v) is 4.93. The zero-order chi connectivity index (χ0) is 13.6. The lowest BCUT2D eigenvalue weighted by atomic mass is 9.93. The molecule has 17 heavy (non-hydrogen) atoms. The van der Waals surface area contributed by atoms with Gasteiger partial charge in [0.15, 0.2) is 0 Å². The first kappa shape index (κ1) is 15.9. The molecule has 0 aromatic heterocycles. The van der Waals surface area contributed by atoms with Gasteiger partial charge < -0.3 is 9.84 Å². The van der Waals surface area contributed by atoms with Crippen LogP contribution in [-0.2, 0) is 9.53 Å². The van der Waals surface area contributed by atoms with Crippen molar-refractivity contribution < 1.29 is 14.6 Å². The summed E-state index contributed by atoms with van der Waals surface area (Å²) in [5, 5.41) is 9.74. The Bertz CT molecular complexity index is 292. The van der Waals surface area contributed by atoms with Gasteiger partial charge in [0.25, 0.3) is 0 Å². The number of carbonyl (C=O) groups excluding carboxylic acids is 1. The summed E-state index contributed by atoms with van der Waals surface area (Å²) < 4.78 is 5.17. The Balaban J connectivity index is 4.31. The van der Waals surface area contributed by atoms with Crippen LogP contribution in [0.2, 0.25) is 0 Å². The predicted molar refractivity (Wildman–Crippen MR) is 69.5 cm³/mol. The first-order chi connectivity index (χ1) is 7.75. The minimum absolute atomic E-state index is 0.0237. The van der Waals surface area contributed by atoms with Crippen molar-refractivity contribution in [3.63, 3.8) is 0 Å². The summed E-state index contributed by atoms with van der Waals surface area (Å²) in [7, 11) is 0. The number of carbonyl (C=O) groups is 1. The molecule has 2 atom stereocenters. The van der Waals surface area contributed by atoms with Gasteiger partial charge in [0.2, 0.25) is 0 Å². The van der Waals surface area contributed by atoms with Gasteiger partial charge in [-0.15, -0.1) is 0 Å². The van der Waals surface area contributed by atoms with Crippen molar-refractivity contribution in [1.82, 2.24) is 0 Å². The van der Waals surface area contributed by atoms with Crippen molar-refractivity contribution in [3.05, 3.63) is 24.3 Å². The van der Waals surface area contributed by atoms with Crippen molar-refractivity contribution in [1.29, 1.82) is 0 Å². The zero-order valence-corrected chi connectivity index (χ0v) is 11.3. The van der Waals surface area contributed by atoms with Crippen LogP contribution in [0.3, 0.4) is 0 Å². The molecule has 0 spiro atoms. The summed E-state index contributed by atoms with van der Waals surface area (Å²) in [6, 6.07) is 0. The first-order valence-corrected chi connectivity index (χ1v) is 5.91. The SMILES string of the molecule is C=C(C)C(O)CC(COC(=O)C(C)C)C(=C)C. The van der Waals surface area contributed by atoms with Crippen LogP contribution >= 0.6 is 0 Å². The molecule has 0 amide bonds. The standard InChI is InChI=1S/C14H24O3/c1-9(2)12(7-13(15)10(3)4)8-17-14(16)11(5)6/h11-13,15H,1,3,7-8H2,2,4-6H3. The van der Waals surface area contributed by atoms with E-state index in [0.717, 1.165) is 5.57 Å². The maximum atomic E-state index is 11.4. The van der Waals surface area contributed by atoms with Crippen LogP contribution in [0.1, 0.15) is 34.1 Å². The van der Waals surface area contributed by atoms with E-state index in [2.05, 4.69) is 13.2 Å². The Hall–Kier alpha value is -1.09. The van der Waals surface area contributed by atoms with Gasteiger partial charge in [0, 0.05) is 5.92 Å². The Morgan fingerprint density at radius 2 is 1.76 bits per heavy atom. The largest absolute Gasteiger partial charge is 0.465 e. The van der Waals surface area contributed by atoms with Crippen LogP contribution in [0.15, 0.2) is 24.3 Å². The molecule has 0 heterocycles. The monoisotopic (exact) mass is 240 g/mol. The van der Waals surface area contributed by atoms with Gasteiger partial charge in [0.05, 0.1) is 18.6 Å². The summed E-state index contributed by atoms with van der Waals surface area (Å²) >= 11 is 0. The Labute approximate surface area is 104 Å². The number of aliphatic hydroxyl groups is 1. The molecule has 0 rings (SSSR count). The Morgan fingerprint density at radius 1 is 1.24 bits per heavy atom. The van der Waals surface area contributed by atoms with E-state index in [1.54, 1.807) is 20.8 Å². The fourth-order valence-electron chi connectivity index (χ4n) is 1.23. The van der Waals surface area contributed by atoms with E-state index in [9.17, 15) is 9.90 Å². The Kier molecular flexibility index (Phi) is 6.81. The molecule has 0 bridgehead atoms. The highest BCUT2D eigenvalue weighted by molar-refractivity contribution is 5.71. The third kappa shape index (κ3) is 6.27. The fraction of sp³-hybridized carbons (Fsp3) is 0.643. The highest BCUT2D eigenvalue weighted by Gasteiger charge is 2.18. The molecule has 0 aliphatic carbocycles. The summed E-state index contributed by atoms with van der Waals surface area (Å²) in [5.41, 5.74) is 1.62. The molecule has 2 unspecified atom stereocenters. The van der Waals surface area contributed by atoms with Crippen molar-refractivity contribution in [2.45, 2.75) is 40.2 Å². The maximum absolute atomic E-state index is 11.4. The molecule has 0 fully saturated rings. The highest BCUT2D eigenvalue weighted by atomic mass is 16.5. The average molecular weight is 240 g/mol. The average Bonchev–Trinajstić information content (AvgIpc) is 2.22. The van der Waals surface area contributed by atoms with Gasteiger partial charge >= 0.3 is 5.97 Å². The van der Waals surface area contributed by atoms with E-state index in [1.807, 2.05) is 6.92 Å². The van der Waals surface area contributed by atoms with E-state index >= 15 is 0 Å². The fourth-order valence-corrected chi connectivity index (χ4v) is 1.23. The molecule has 0 radical (unpaired) electrons. The van der Waals surface area contributed by atoms with Crippen molar-refractivity contribution in [2.75, 3.05) is 6.61 Å². The molecule has 0 aromatic carbocycles. The summed E-state index contributed by atoms with van der Waals surface area (Å²) in [4.78, 5) is 11.4. The van der Waals surface area contributed by atoms with E-state index in [0.29, 0.717) is 12.0 Å². The molecular formula is C14H24O3. The van der Waals surface area contributed by atoms with Crippen molar-refractivity contribution in [2.24, 2.45) is 11.8 Å². The molecule has 1 N–H and O–H groups in total. The molecule has 0 aliphatic heterocycles. The normalized spacial score (nSPS) is 14.2.